The summed E-state index contributed by atoms with van der Waals surface area (Å²) in [6, 6.07) is 37.0. The highest BCUT2D eigenvalue weighted by Crippen LogP contribution is 2.32. The third-order valence-electron chi connectivity index (χ3n) is 4.19. The molecule has 1 radical (unpaired) electrons. The first-order chi connectivity index (χ1) is 13.4. The summed E-state index contributed by atoms with van der Waals surface area (Å²) >= 11 is 0. The smallest absolute Gasteiger partial charge is 0.169 e. The Bertz CT molecular complexity index is 977. The normalized spacial score (nSPS) is 10.4. The van der Waals surface area contributed by atoms with E-state index in [0.29, 0.717) is 12.4 Å². The molecule has 27 heavy (non-hydrogen) atoms. The van der Waals surface area contributed by atoms with Crippen molar-refractivity contribution in [2.24, 2.45) is 0 Å². The Labute approximate surface area is 159 Å². The van der Waals surface area contributed by atoms with E-state index >= 15 is 0 Å². The van der Waals surface area contributed by atoms with Gasteiger partial charge in [-0.15, -0.1) is 0 Å². The first-order valence-corrected chi connectivity index (χ1v) is 8.89. The lowest BCUT2D eigenvalue weighted by molar-refractivity contribution is 0.291. The van der Waals surface area contributed by atoms with Crippen molar-refractivity contribution in [2.75, 3.05) is 0 Å². The fraction of sp³-hybridized carbons (Fsp3) is 0.0400. The van der Waals surface area contributed by atoms with E-state index in [1.54, 1.807) is 0 Å². The monoisotopic (exact) mass is 351 g/mol. The predicted octanol–water partition coefficient (Wildman–Crippen LogP) is 6.53. The summed E-state index contributed by atoms with van der Waals surface area (Å²) in [7, 11) is 0. The van der Waals surface area contributed by atoms with Crippen molar-refractivity contribution in [1.29, 1.82) is 0 Å². The maximum absolute atomic E-state index is 6.05. The van der Waals surface area contributed by atoms with Gasteiger partial charge in [-0.1, -0.05) is 78.9 Å². The van der Waals surface area contributed by atoms with E-state index in [1.165, 1.54) is 0 Å². The predicted molar refractivity (Wildman–Crippen MR) is 108 cm³/mol. The lowest BCUT2D eigenvalue weighted by Crippen LogP contribution is -1.97. The van der Waals surface area contributed by atoms with Crippen LogP contribution in [0.1, 0.15) is 5.56 Å². The molecule has 4 aromatic rings. The molecule has 0 saturated heterocycles. The first kappa shape index (κ1) is 16.9. The number of para-hydroxylation sites is 2. The van der Waals surface area contributed by atoms with Crippen LogP contribution in [0.2, 0.25) is 0 Å². The van der Waals surface area contributed by atoms with Gasteiger partial charge in [0.2, 0.25) is 0 Å². The number of rotatable bonds is 6. The Morgan fingerprint density at radius 3 is 2.07 bits per heavy atom. The van der Waals surface area contributed by atoms with Crippen molar-refractivity contribution in [2.45, 2.75) is 6.61 Å². The zero-order chi connectivity index (χ0) is 18.3. The zero-order valence-electron chi connectivity index (χ0n) is 14.8. The van der Waals surface area contributed by atoms with Gasteiger partial charge in [0.05, 0.1) is 0 Å². The van der Waals surface area contributed by atoms with Gasteiger partial charge in [0.15, 0.2) is 11.5 Å². The first-order valence-electron chi connectivity index (χ1n) is 8.89. The van der Waals surface area contributed by atoms with Gasteiger partial charge >= 0.3 is 0 Å². The molecule has 0 atom stereocenters. The van der Waals surface area contributed by atoms with Crippen LogP contribution in [0.5, 0.6) is 17.2 Å². The number of hydrogen-bond donors (Lipinski definition) is 0. The summed E-state index contributed by atoms with van der Waals surface area (Å²) in [6.45, 7) is 0.504. The van der Waals surface area contributed by atoms with Gasteiger partial charge in [0.1, 0.15) is 12.4 Å². The highest BCUT2D eigenvalue weighted by atomic mass is 16.5. The maximum atomic E-state index is 6.05. The highest BCUT2D eigenvalue weighted by molar-refractivity contribution is 5.63. The van der Waals surface area contributed by atoms with Crippen LogP contribution in [0.15, 0.2) is 103 Å². The minimum atomic E-state index is 0.504. The Morgan fingerprint density at radius 1 is 0.630 bits per heavy atom. The van der Waals surface area contributed by atoms with Gasteiger partial charge < -0.3 is 9.47 Å². The van der Waals surface area contributed by atoms with Gasteiger partial charge in [-0.05, 0) is 47.0 Å². The van der Waals surface area contributed by atoms with Crippen molar-refractivity contribution in [1.82, 2.24) is 0 Å². The second kappa shape index (κ2) is 8.24. The summed E-state index contributed by atoms with van der Waals surface area (Å²) < 4.78 is 12.0. The van der Waals surface area contributed by atoms with E-state index in [9.17, 15) is 0 Å². The van der Waals surface area contributed by atoms with Crippen LogP contribution in [0.4, 0.5) is 0 Å². The van der Waals surface area contributed by atoms with Gasteiger partial charge in [0, 0.05) is 0 Å². The van der Waals surface area contributed by atoms with E-state index in [-0.39, 0.29) is 0 Å². The molecule has 0 bridgehead atoms. The molecule has 0 saturated carbocycles. The number of hydrogen-bond acceptors (Lipinski definition) is 2. The quantitative estimate of drug-likeness (QED) is 0.393. The van der Waals surface area contributed by atoms with Crippen LogP contribution >= 0.6 is 0 Å². The molecular formula is C25H19O2. The van der Waals surface area contributed by atoms with Crippen molar-refractivity contribution in [3.63, 3.8) is 0 Å². The molecule has 0 spiro atoms. The topological polar surface area (TPSA) is 18.5 Å². The maximum Gasteiger partial charge on any atom is 0.169 e. The van der Waals surface area contributed by atoms with E-state index in [1.807, 2.05) is 103 Å². The number of ether oxygens (including phenoxy) is 2. The van der Waals surface area contributed by atoms with Crippen LogP contribution in [0.25, 0.3) is 11.1 Å². The fourth-order valence-electron chi connectivity index (χ4n) is 2.79. The van der Waals surface area contributed by atoms with E-state index < -0.39 is 0 Å². The molecule has 0 amide bonds. The lowest BCUT2D eigenvalue weighted by Gasteiger charge is -2.13. The van der Waals surface area contributed by atoms with E-state index in [2.05, 4.69) is 6.07 Å². The Hall–Kier alpha value is -3.52. The molecule has 0 aliphatic rings. The van der Waals surface area contributed by atoms with Crippen molar-refractivity contribution < 1.29 is 9.47 Å². The molecule has 0 unspecified atom stereocenters. The van der Waals surface area contributed by atoms with Crippen molar-refractivity contribution >= 4 is 0 Å². The molecular weight excluding hydrogens is 332 g/mol. The average molecular weight is 351 g/mol. The molecule has 0 heterocycles. The molecule has 0 fully saturated rings. The third kappa shape index (κ3) is 4.36. The summed E-state index contributed by atoms with van der Waals surface area (Å²) in [5.74, 6) is 2.19. The Morgan fingerprint density at radius 2 is 1.33 bits per heavy atom. The van der Waals surface area contributed by atoms with Crippen molar-refractivity contribution in [3.8, 4) is 28.4 Å². The van der Waals surface area contributed by atoms with Crippen LogP contribution in [0.3, 0.4) is 0 Å². The highest BCUT2D eigenvalue weighted by Gasteiger charge is 2.07. The largest absolute Gasteiger partial charge is 0.485 e. The summed E-state index contributed by atoms with van der Waals surface area (Å²) in [4.78, 5) is 0. The van der Waals surface area contributed by atoms with Crippen molar-refractivity contribution in [3.05, 3.63) is 115 Å². The molecule has 2 heteroatoms. The second-order valence-corrected chi connectivity index (χ2v) is 6.12. The van der Waals surface area contributed by atoms with E-state index in [0.717, 1.165) is 28.2 Å². The summed E-state index contributed by atoms with van der Waals surface area (Å²) in [5, 5.41) is 0. The number of benzene rings is 4. The molecule has 0 aliphatic carbocycles. The zero-order valence-corrected chi connectivity index (χ0v) is 14.8. The third-order valence-corrected chi connectivity index (χ3v) is 4.19. The molecule has 2 nitrogen and oxygen atoms in total. The molecule has 0 aromatic heterocycles. The van der Waals surface area contributed by atoms with Gasteiger partial charge in [-0.2, -0.15) is 0 Å². The van der Waals surface area contributed by atoms with Gasteiger partial charge in [0.25, 0.3) is 0 Å². The molecule has 4 aromatic carbocycles. The molecule has 131 valence electrons. The minimum absolute atomic E-state index is 0.504. The fourth-order valence-corrected chi connectivity index (χ4v) is 2.79. The molecule has 0 N–H and O–H groups in total. The van der Waals surface area contributed by atoms with E-state index in [4.69, 9.17) is 9.47 Å². The summed E-state index contributed by atoms with van der Waals surface area (Å²) in [6.07, 6.45) is 0. The minimum Gasteiger partial charge on any atom is -0.485 e. The molecule has 0 aliphatic heterocycles. The van der Waals surface area contributed by atoms with Crippen LogP contribution in [-0.2, 0) is 6.61 Å². The Kier molecular flexibility index (Phi) is 5.16. The standard InChI is InChI=1S/C25H19O2/c1-3-9-20(10-4-1)19-26-24-13-7-8-14-25(24)27-23-17-15-22(16-18-23)21-11-5-2-6-12-21/h1-11,13-18H,19H2. The van der Waals surface area contributed by atoms with Gasteiger partial charge in [-0.25, -0.2) is 0 Å². The second-order valence-electron chi connectivity index (χ2n) is 6.12. The van der Waals surface area contributed by atoms with Crippen LogP contribution in [-0.4, -0.2) is 0 Å². The van der Waals surface area contributed by atoms with Gasteiger partial charge in [-0.3, -0.25) is 0 Å². The van der Waals surface area contributed by atoms with Crippen LogP contribution in [0, 0.1) is 6.07 Å². The van der Waals surface area contributed by atoms with Crippen LogP contribution < -0.4 is 9.47 Å². The molecule has 4 rings (SSSR count). The SMILES string of the molecule is [c]1ccccc1-c1ccc(Oc2ccccc2OCc2ccccc2)cc1. The Balaban J connectivity index is 1.48. The lowest BCUT2D eigenvalue weighted by atomic mass is 10.1. The summed E-state index contributed by atoms with van der Waals surface area (Å²) in [5.41, 5.74) is 3.29. The average Bonchev–Trinajstić information content (AvgIpc) is 2.75.